The highest BCUT2D eigenvalue weighted by atomic mass is 16.5. The fourth-order valence-corrected chi connectivity index (χ4v) is 3.16. The third-order valence-corrected chi connectivity index (χ3v) is 4.82. The van der Waals surface area contributed by atoms with E-state index in [4.69, 9.17) is 14.6 Å². The number of benzene rings is 1. The van der Waals surface area contributed by atoms with Crippen molar-refractivity contribution in [1.82, 2.24) is 4.90 Å². The lowest BCUT2D eigenvalue weighted by Gasteiger charge is -2.35. The molecule has 3 rings (SSSR count). The summed E-state index contributed by atoms with van der Waals surface area (Å²) in [4.78, 5) is 25.2. The van der Waals surface area contributed by atoms with Gasteiger partial charge in [0.15, 0.2) is 5.60 Å². The van der Waals surface area contributed by atoms with Gasteiger partial charge in [-0.05, 0) is 31.0 Å². The van der Waals surface area contributed by atoms with Crippen molar-refractivity contribution in [3.05, 3.63) is 29.8 Å². The number of aliphatic carboxylic acids is 1. The molecule has 7 nitrogen and oxygen atoms in total. The molecule has 2 N–H and O–H groups in total. The highest BCUT2D eigenvalue weighted by molar-refractivity contribution is 5.94. The summed E-state index contributed by atoms with van der Waals surface area (Å²) >= 11 is 0. The van der Waals surface area contributed by atoms with Crippen LogP contribution in [0.25, 0.3) is 0 Å². The molecule has 2 heterocycles. The number of aliphatic hydroxyl groups is 1. The van der Waals surface area contributed by atoms with Gasteiger partial charge in [0, 0.05) is 38.1 Å². The Morgan fingerprint density at radius 2 is 2.08 bits per heavy atom. The van der Waals surface area contributed by atoms with Crippen LogP contribution >= 0.6 is 0 Å². The molecule has 1 aromatic carbocycles. The Bertz CT molecular complexity index is 632. The molecule has 0 bridgehead atoms. The number of carbonyl (C=O) groups is 2. The average molecular weight is 349 g/mol. The van der Waals surface area contributed by atoms with Crippen molar-refractivity contribution >= 4 is 11.9 Å². The number of rotatable bonds is 5. The van der Waals surface area contributed by atoms with Crippen molar-refractivity contribution in [3.63, 3.8) is 0 Å². The van der Waals surface area contributed by atoms with E-state index in [1.807, 2.05) is 0 Å². The number of hydrogen-bond donors (Lipinski definition) is 2. The van der Waals surface area contributed by atoms with Crippen molar-refractivity contribution in [2.45, 2.75) is 37.4 Å². The molecule has 0 radical (unpaired) electrons. The van der Waals surface area contributed by atoms with Crippen LogP contribution in [0.5, 0.6) is 5.75 Å². The lowest BCUT2D eigenvalue weighted by Crippen LogP contribution is -2.50. The molecule has 136 valence electrons. The molecular formula is C18H23NO6. The minimum absolute atomic E-state index is 0.0310. The summed E-state index contributed by atoms with van der Waals surface area (Å²) in [7, 11) is 0. The van der Waals surface area contributed by atoms with Crippen LogP contribution in [0.4, 0.5) is 0 Å². The molecule has 1 amide bonds. The van der Waals surface area contributed by atoms with Crippen molar-refractivity contribution in [2.24, 2.45) is 0 Å². The van der Waals surface area contributed by atoms with Gasteiger partial charge in [0.25, 0.3) is 5.91 Å². The quantitative estimate of drug-likeness (QED) is 0.832. The largest absolute Gasteiger partial charge is 0.491 e. The van der Waals surface area contributed by atoms with Crippen molar-refractivity contribution in [3.8, 4) is 5.75 Å². The summed E-state index contributed by atoms with van der Waals surface area (Å²) in [5.41, 5.74) is -1.24. The van der Waals surface area contributed by atoms with Crippen LogP contribution in [0.15, 0.2) is 24.3 Å². The summed E-state index contributed by atoms with van der Waals surface area (Å²) in [6.45, 7) is 1.66. The topological polar surface area (TPSA) is 96.3 Å². The first-order valence-electron chi connectivity index (χ1n) is 8.57. The van der Waals surface area contributed by atoms with E-state index in [0.717, 1.165) is 19.4 Å². The second kappa shape index (κ2) is 7.41. The Labute approximate surface area is 146 Å². The zero-order chi connectivity index (χ0) is 17.9. The maximum absolute atomic E-state index is 12.6. The number of amides is 1. The van der Waals surface area contributed by atoms with E-state index in [9.17, 15) is 14.7 Å². The van der Waals surface area contributed by atoms with Crippen molar-refractivity contribution < 1.29 is 29.3 Å². The number of piperidine rings is 1. The second-order valence-corrected chi connectivity index (χ2v) is 6.60. The number of nitrogens with zero attached hydrogens (tertiary/aromatic N) is 1. The van der Waals surface area contributed by atoms with Crippen LogP contribution in [-0.2, 0) is 9.53 Å². The van der Waals surface area contributed by atoms with E-state index in [1.165, 1.54) is 0 Å². The fraction of sp³-hybridized carbons (Fsp3) is 0.556. The molecular weight excluding hydrogens is 326 g/mol. The summed E-state index contributed by atoms with van der Waals surface area (Å²) < 4.78 is 11.2. The summed E-state index contributed by atoms with van der Waals surface area (Å²) in [5.74, 6) is -0.806. The Morgan fingerprint density at radius 3 is 2.72 bits per heavy atom. The predicted molar refractivity (Wildman–Crippen MR) is 88.6 cm³/mol. The van der Waals surface area contributed by atoms with Crippen LogP contribution < -0.4 is 4.74 Å². The van der Waals surface area contributed by atoms with Crippen LogP contribution in [0, 0.1) is 0 Å². The monoisotopic (exact) mass is 349 g/mol. The Kier molecular flexibility index (Phi) is 5.24. The van der Waals surface area contributed by atoms with Gasteiger partial charge in [-0.2, -0.15) is 0 Å². The average Bonchev–Trinajstić information content (AvgIpc) is 3.14. The first kappa shape index (κ1) is 17.7. The van der Waals surface area contributed by atoms with Gasteiger partial charge in [0.05, 0.1) is 6.10 Å². The van der Waals surface area contributed by atoms with Crippen LogP contribution in [0.3, 0.4) is 0 Å². The van der Waals surface area contributed by atoms with Gasteiger partial charge in [-0.3, -0.25) is 4.79 Å². The van der Waals surface area contributed by atoms with E-state index in [2.05, 4.69) is 0 Å². The third kappa shape index (κ3) is 4.11. The molecule has 2 saturated heterocycles. The summed E-state index contributed by atoms with van der Waals surface area (Å²) in [6, 6.07) is 6.95. The molecule has 1 unspecified atom stereocenters. The number of carboxylic acid groups (broad SMARTS) is 1. The number of carbonyl (C=O) groups excluding carboxylic acids is 1. The zero-order valence-electron chi connectivity index (χ0n) is 14.0. The molecule has 7 heteroatoms. The molecule has 0 aliphatic carbocycles. The predicted octanol–water partition coefficient (Wildman–Crippen LogP) is 1.30. The van der Waals surface area contributed by atoms with Gasteiger partial charge in [0.2, 0.25) is 0 Å². The van der Waals surface area contributed by atoms with Crippen LogP contribution in [0.1, 0.15) is 36.0 Å². The molecule has 1 aromatic rings. The van der Waals surface area contributed by atoms with Gasteiger partial charge < -0.3 is 24.6 Å². The van der Waals surface area contributed by atoms with E-state index in [1.54, 1.807) is 29.2 Å². The second-order valence-electron chi connectivity index (χ2n) is 6.60. The van der Waals surface area contributed by atoms with Crippen molar-refractivity contribution in [2.75, 3.05) is 26.3 Å². The minimum Gasteiger partial charge on any atom is -0.491 e. The first-order chi connectivity index (χ1) is 12.0. The third-order valence-electron chi connectivity index (χ3n) is 4.82. The highest BCUT2D eigenvalue weighted by Crippen LogP contribution is 2.24. The number of hydrogen-bond acceptors (Lipinski definition) is 5. The zero-order valence-corrected chi connectivity index (χ0v) is 14.0. The van der Waals surface area contributed by atoms with E-state index >= 15 is 0 Å². The Balaban J connectivity index is 1.59. The summed E-state index contributed by atoms with van der Waals surface area (Å²) in [5, 5.41) is 19.0. The Morgan fingerprint density at radius 1 is 1.32 bits per heavy atom. The molecule has 2 fully saturated rings. The molecule has 2 aliphatic heterocycles. The number of ether oxygens (including phenoxy) is 2. The fourth-order valence-electron chi connectivity index (χ4n) is 3.16. The van der Waals surface area contributed by atoms with Gasteiger partial charge >= 0.3 is 5.97 Å². The molecule has 0 saturated carbocycles. The molecule has 0 aromatic heterocycles. The minimum atomic E-state index is -1.73. The van der Waals surface area contributed by atoms with Gasteiger partial charge in [-0.25, -0.2) is 4.79 Å². The standard InChI is InChI=1S/C18H23NO6/c20-16(19-8-6-18(23,7-9-19)17(21)22)13-3-1-4-14(11-13)25-12-15-5-2-10-24-15/h1,3-4,11,15,23H,2,5-10,12H2,(H,21,22). The van der Waals surface area contributed by atoms with Gasteiger partial charge in [-0.1, -0.05) is 6.07 Å². The maximum atomic E-state index is 12.6. The molecule has 0 spiro atoms. The SMILES string of the molecule is O=C(c1cccc(OCC2CCCO2)c1)N1CCC(O)(C(=O)O)CC1. The normalized spacial score (nSPS) is 22.6. The smallest absolute Gasteiger partial charge is 0.335 e. The van der Waals surface area contributed by atoms with Crippen LogP contribution in [0.2, 0.25) is 0 Å². The van der Waals surface area contributed by atoms with Crippen LogP contribution in [-0.4, -0.2) is 65.0 Å². The van der Waals surface area contributed by atoms with Gasteiger partial charge in [0.1, 0.15) is 12.4 Å². The summed E-state index contributed by atoms with van der Waals surface area (Å²) in [6.07, 6.45) is 2.20. The maximum Gasteiger partial charge on any atom is 0.335 e. The Hall–Kier alpha value is -2.12. The molecule has 1 atom stereocenters. The lowest BCUT2D eigenvalue weighted by atomic mass is 9.91. The van der Waals surface area contributed by atoms with E-state index < -0.39 is 11.6 Å². The lowest BCUT2D eigenvalue weighted by molar-refractivity contribution is -0.162. The molecule has 25 heavy (non-hydrogen) atoms. The number of carboxylic acids is 1. The van der Waals surface area contributed by atoms with E-state index in [0.29, 0.717) is 17.9 Å². The highest BCUT2D eigenvalue weighted by Gasteiger charge is 2.40. The van der Waals surface area contributed by atoms with Gasteiger partial charge in [-0.15, -0.1) is 0 Å². The first-order valence-corrected chi connectivity index (χ1v) is 8.57. The van der Waals surface area contributed by atoms with E-state index in [-0.39, 0.29) is 37.9 Å². The van der Waals surface area contributed by atoms with Crippen molar-refractivity contribution in [1.29, 1.82) is 0 Å². The number of likely N-dealkylation sites (tertiary alicyclic amines) is 1. The molecule has 2 aliphatic rings.